The number of nitro groups is 1. The van der Waals surface area contributed by atoms with Crippen molar-refractivity contribution < 1.29 is 5.03 Å². The summed E-state index contributed by atoms with van der Waals surface area (Å²) in [5.41, 5.74) is 0. The molecule has 29 valence electrons. The Morgan fingerprint density at radius 3 is 1.80 bits per heavy atom. The molecular formula is H2N3O2. The van der Waals surface area contributed by atoms with Crippen molar-refractivity contribution >= 4 is 0 Å². The summed E-state index contributed by atoms with van der Waals surface area (Å²) >= 11 is 0. The van der Waals surface area contributed by atoms with E-state index >= 15 is 0 Å². The van der Waals surface area contributed by atoms with Crippen LogP contribution in [0.4, 0.5) is 0 Å². The van der Waals surface area contributed by atoms with Gasteiger partial charge in [-0.3, -0.25) is 0 Å². The van der Waals surface area contributed by atoms with Gasteiger partial charge in [0.05, 0.1) is 0 Å². The van der Waals surface area contributed by atoms with Crippen molar-refractivity contribution in [2.45, 2.75) is 0 Å². The first-order valence-corrected chi connectivity index (χ1v) is 0.623. The molecule has 0 spiro atoms. The van der Waals surface area contributed by atoms with Crippen LogP contribution >= 0.6 is 0 Å². The molecule has 5 nitrogen and oxygen atoms in total. The maximum atomic E-state index is 8.58. The second-order valence-corrected chi connectivity index (χ2v) is 0.285. The number of nitrogens with zero attached hydrogens (tertiary/aromatic N) is 2. The summed E-state index contributed by atoms with van der Waals surface area (Å²) in [5, 5.41) is 7.58. The highest BCUT2D eigenvalue weighted by molar-refractivity contribution is 3.87. The van der Waals surface area contributed by atoms with Gasteiger partial charge in [-0.25, -0.2) is 10.1 Å². The molecule has 0 aromatic rings. The summed E-state index contributed by atoms with van der Waals surface area (Å²) in [6.07, 6.45) is 0. The van der Waals surface area contributed by atoms with Crippen molar-refractivity contribution in [2.24, 2.45) is 5.84 Å². The Hall–Kier alpha value is -0.840. The number of hydrogen-bond acceptors (Lipinski definition) is 2. The third kappa shape index (κ3) is 6.03. The Morgan fingerprint density at radius 1 is 1.80 bits per heavy atom. The van der Waals surface area contributed by atoms with Gasteiger partial charge in [-0.1, -0.05) is 0 Å². The summed E-state index contributed by atoms with van der Waals surface area (Å²) in [7, 11) is 0. The molecule has 0 aromatic carbocycles. The molecule has 5 heavy (non-hydrogen) atoms. The average Bonchev–Trinajstić information content (AvgIpc) is 0.811. The Kier molecular flexibility index (Phi) is 5.63. The minimum Gasteiger partial charge on any atom is -0.235 e. The Labute approximate surface area is 28.5 Å². The van der Waals surface area contributed by atoms with Crippen LogP contribution in [0.1, 0.15) is 0 Å². The molecule has 0 amide bonds. The van der Waals surface area contributed by atoms with E-state index in [4.69, 9.17) is 10.1 Å². The van der Waals surface area contributed by atoms with E-state index in [0.717, 1.165) is 0 Å². The molecule has 5 heteroatoms. The zero-order chi connectivity index (χ0) is 3.58. The highest BCUT2D eigenvalue weighted by atomic mass is 16.7. The molecule has 0 bridgehead atoms. The van der Waals surface area contributed by atoms with Crippen molar-refractivity contribution in [1.82, 2.24) is 6.15 Å². The fourth-order valence-electron chi connectivity index (χ4n) is 0. The lowest BCUT2D eigenvalue weighted by Crippen LogP contribution is -2.04. The highest BCUT2D eigenvalue weighted by Crippen LogP contribution is 1.29. The van der Waals surface area contributed by atoms with Crippen molar-refractivity contribution in [3.8, 4) is 0 Å². The minimum atomic E-state index is -1.00. The second kappa shape index (κ2) is 3.16. The number of nitrogens with two attached hydrogens (primary N) is 1. The van der Waals surface area contributed by atoms with E-state index in [-0.39, 0.29) is 6.15 Å². The lowest BCUT2D eigenvalue weighted by atomic mass is 12.8. The molecule has 0 aromatic heterocycles. The molecule has 3 radical (unpaired) electrons. The van der Waals surface area contributed by atoms with Gasteiger partial charge < -0.3 is 0 Å². The van der Waals surface area contributed by atoms with Gasteiger partial charge in [-0.2, -0.15) is 5.84 Å². The lowest BCUT2D eigenvalue weighted by molar-refractivity contribution is -0.491. The molecule has 2 N–H and O–H groups in total. The number of hydrazine groups is 1. The van der Waals surface area contributed by atoms with Gasteiger partial charge in [0.2, 0.25) is 0 Å². The molecule has 0 aliphatic carbocycles. The summed E-state index contributed by atoms with van der Waals surface area (Å²) < 4.78 is 0. The first kappa shape index (κ1) is 8.90. The van der Waals surface area contributed by atoms with Gasteiger partial charge >= 0.3 is 0 Å². The maximum absolute atomic E-state index is 8.58. The summed E-state index contributed by atoms with van der Waals surface area (Å²) in [4.78, 5) is 8.58. The average molecular weight is 76.0 g/mol. The van der Waals surface area contributed by atoms with Gasteiger partial charge in [0.25, 0.3) is 0 Å². The fourth-order valence-corrected chi connectivity index (χ4v) is 0. The van der Waals surface area contributed by atoms with E-state index in [1.807, 2.05) is 0 Å². The van der Waals surface area contributed by atoms with Crippen LogP contribution in [-0.2, 0) is 0 Å². The molecule has 0 heterocycles. The van der Waals surface area contributed by atoms with Gasteiger partial charge in [-0.15, -0.1) is 0 Å². The molecular weight excluding hydrogens is 74.0 g/mol. The van der Waals surface area contributed by atoms with E-state index in [0.29, 0.717) is 0 Å². The van der Waals surface area contributed by atoms with Crippen LogP contribution in [0.3, 0.4) is 0 Å². The maximum Gasteiger partial charge on any atom is 0.154 e. The van der Waals surface area contributed by atoms with Crippen LogP contribution in [-0.4, -0.2) is 5.03 Å². The van der Waals surface area contributed by atoms with E-state index < -0.39 is 5.03 Å². The lowest BCUT2D eigenvalue weighted by Gasteiger charge is -1.61. The third-order valence-electron chi connectivity index (χ3n) is 0. The van der Waals surface area contributed by atoms with Crippen molar-refractivity contribution in [1.29, 1.82) is 0 Å². The zero-order valence-electron chi connectivity index (χ0n) is 2.29. The molecule has 0 saturated carbocycles. The molecule has 0 atom stereocenters. The standard InChI is InChI=1S/H2N2O2.N/c1-2(3)4;/h1H2;. The SMILES string of the molecule is N[N+](=O)[O-].[N]. The van der Waals surface area contributed by atoms with Crippen LogP contribution in [0.5, 0.6) is 0 Å². The Morgan fingerprint density at radius 2 is 1.80 bits per heavy atom. The van der Waals surface area contributed by atoms with Gasteiger partial charge in [0.15, 0.2) is 5.03 Å². The molecule has 0 aliphatic rings. The van der Waals surface area contributed by atoms with E-state index in [1.54, 1.807) is 0 Å². The topological polar surface area (TPSA) is 99.7 Å². The minimum absolute atomic E-state index is 0. The predicted molar refractivity (Wildman–Crippen MR) is 13.3 cm³/mol. The van der Waals surface area contributed by atoms with Crippen LogP contribution in [0.2, 0.25) is 0 Å². The second-order valence-electron chi connectivity index (χ2n) is 0.285. The number of hydrogen-bond donors (Lipinski definition) is 1. The Bertz CT molecular complexity index is 27.9. The van der Waals surface area contributed by atoms with Crippen LogP contribution < -0.4 is 12.0 Å². The van der Waals surface area contributed by atoms with Crippen LogP contribution in [0.15, 0.2) is 0 Å². The van der Waals surface area contributed by atoms with Gasteiger partial charge in [0, 0.05) is 6.15 Å². The predicted octanol–water partition coefficient (Wildman–Crippen LogP) is -1.34. The van der Waals surface area contributed by atoms with Crippen molar-refractivity contribution in [3.05, 3.63) is 10.1 Å². The fraction of sp³-hybridized carbons (Fsp3) is 0. The first-order chi connectivity index (χ1) is 1.73. The molecule has 0 aliphatic heterocycles. The number of rotatable bonds is 0. The first-order valence-electron chi connectivity index (χ1n) is 0.623. The summed E-state index contributed by atoms with van der Waals surface area (Å²) in [6.45, 7) is 0. The zero-order valence-corrected chi connectivity index (χ0v) is 2.29. The quantitative estimate of drug-likeness (QED) is 0.219. The monoisotopic (exact) mass is 76.0 g/mol. The van der Waals surface area contributed by atoms with Crippen molar-refractivity contribution in [2.75, 3.05) is 0 Å². The van der Waals surface area contributed by atoms with E-state index in [2.05, 4.69) is 5.84 Å². The van der Waals surface area contributed by atoms with Gasteiger partial charge in [-0.05, 0) is 0 Å². The van der Waals surface area contributed by atoms with Crippen molar-refractivity contribution in [3.63, 3.8) is 0 Å². The molecule has 0 fully saturated rings. The smallest absolute Gasteiger partial charge is 0.154 e. The highest BCUT2D eigenvalue weighted by Gasteiger charge is 1.57. The van der Waals surface area contributed by atoms with Crippen LogP contribution in [0, 0.1) is 10.1 Å². The van der Waals surface area contributed by atoms with E-state index in [1.165, 1.54) is 0 Å². The molecule has 0 saturated heterocycles. The molecule has 0 rings (SSSR count). The van der Waals surface area contributed by atoms with E-state index in [9.17, 15) is 0 Å². The Balaban J connectivity index is 0. The van der Waals surface area contributed by atoms with Gasteiger partial charge in [0.1, 0.15) is 0 Å². The largest absolute Gasteiger partial charge is 0.235 e. The van der Waals surface area contributed by atoms with Crippen LogP contribution in [0.25, 0.3) is 0 Å². The summed E-state index contributed by atoms with van der Waals surface area (Å²) in [5.74, 6) is 3.83. The molecule has 0 unspecified atom stereocenters. The summed E-state index contributed by atoms with van der Waals surface area (Å²) in [6, 6.07) is 0. The normalized spacial score (nSPS) is 4.80. The third-order valence-corrected chi connectivity index (χ3v) is 0.